The minimum Gasteiger partial charge on any atom is -0.332 e. The van der Waals surface area contributed by atoms with E-state index in [1.165, 1.54) is 0 Å². The maximum absolute atomic E-state index is 4.54. The number of H-pyrrole nitrogens is 1. The smallest absolute Gasteiger partial charge is 0.177 e. The second kappa shape index (κ2) is 4.72. The average molecular weight is 252 g/mol. The van der Waals surface area contributed by atoms with Gasteiger partial charge in [0, 0.05) is 4.75 Å². The second-order valence-electron chi connectivity index (χ2n) is 4.34. The first-order valence-electron chi connectivity index (χ1n) is 5.41. The van der Waals surface area contributed by atoms with Crippen molar-refractivity contribution in [1.82, 2.24) is 9.97 Å². The van der Waals surface area contributed by atoms with Gasteiger partial charge in [-0.15, -0.1) is 0 Å². The number of imidazole rings is 1. The number of rotatable bonds is 4. The van der Waals surface area contributed by atoms with Crippen LogP contribution in [0.1, 0.15) is 27.2 Å². The Labute approximate surface area is 104 Å². The highest BCUT2D eigenvalue weighted by Crippen LogP contribution is 2.41. The molecule has 16 heavy (non-hydrogen) atoms. The molecule has 4 heteroatoms. The van der Waals surface area contributed by atoms with Crippen molar-refractivity contribution in [3.63, 3.8) is 0 Å². The minimum absolute atomic E-state index is 0.295. The zero-order valence-electron chi connectivity index (χ0n) is 9.78. The lowest BCUT2D eigenvalue weighted by molar-refractivity contribution is 0.690. The lowest BCUT2D eigenvalue weighted by Crippen LogP contribution is -2.10. The van der Waals surface area contributed by atoms with E-state index in [0.29, 0.717) is 4.75 Å². The molecule has 0 radical (unpaired) electrons. The van der Waals surface area contributed by atoms with E-state index < -0.39 is 0 Å². The molecule has 0 saturated carbocycles. The van der Waals surface area contributed by atoms with Gasteiger partial charge in [0.2, 0.25) is 0 Å². The summed E-state index contributed by atoms with van der Waals surface area (Å²) in [5.74, 6) is 0. The van der Waals surface area contributed by atoms with Gasteiger partial charge in [0.05, 0.1) is 11.0 Å². The zero-order chi connectivity index (χ0) is 11.6. The predicted molar refractivity (Wildman–Crippen MR) is 73.9 cm³/mol. The molecule has 0 unspecified atom stereocenters. The topological polar surface area (TPSA) is 28.7 Å². The van der Waals surface area contributed by atoms with Crippen LogP contribution in [0.4, 0.5) is 0 Å². The van der Waals surface area contributed by atoms with Crippen molar-refractivity contribution < 1.29 is 0 Å². The van der Waals surface area contributed by atoms with E-state index in [1.807, 2.05) is 29.0 Å². The van der Waals surface area contributed by atoms with Crippen molar-refractivity contribution in [3.05, 3.63) is 24.3 Å². The highest BCUT2D eigenvalue weighted by molar-refractivity contribution is 8.77. The molecule has 0 amide bonds. The second-order valence-corrected chi connectivity index (χ2v) is 7.16. The van der Waals surface area contributed by atoms with Crippen LogP contribution in [0.15, 0.2) is 29.4 Å². The average Bonchev–Trinajstić information content (AvgIpc) is 2.69. The van der Waals surface area contributed by atoms with Crippen LogP contribution in [0.3, 0.4) is 0 Å². The van der Waals surface area contributed by atoms with E-state index >= 15 is 0 Å². The summed E-state index contributed by atoms with van der Waals surface area (Å²) in [6, 6.07) is 8.13. The Balaban J connectivity index is 2.10. The number of nitrogens with one attached hydrogen (secondary N) is 1. The predicted octanol–water partition coefficient (Wildman–Crippen LogP) is 4.49. The Morgan fingerprint density at radius 1 is 1.31 bits per heavy atom. The van der Waals surface area contributed by atoms with E-state index in [1.54, 1.807) is 10.8 Å². The van der Waals surface area contributed by atoms with Crippen LogP contribution in [-0.2, 0) is 0 Å². The fourth-order valence-corrected chi connectivity index (χ4v) is 3.39. The van der Waals surface area contributed by atoms with E-state index in [9.17, 15) is 0 Å². The molecule has 0 fully saturated rings. The van der Waals surface area contributed by atoms with E-state index in [-0.39, 0.29) is 0 Å². The van der Waals surface area contributed by atoms with Gasteiger partial charge < -0.3 is 4.98 Å². The molecule has 1 aromatic heterocycles. The normalized spacial score (nSPS) is 12.2. The first-order valence-corrected chi connectivity index (χ1v) is 7.56. The van der Waals surface area contributed by atoms with Crippen molar-refractivity contribution >= 4 is 32.6 Å². The third kappa shape index (κ3) is 2.74. The van der Waals surface area contributed by atoms with E-state index in [2.05, 4.69) is 36.8 Å². The summed E-state index contributed by atoms with van der Waals surface area (Å²) in [7, 11) is 3.60. The summed E-state index contributed by atoms with van der Waals surface area (Å²) >= 11 is 0. The van der Waals surface area contributed by atoms with Gasteiger partial charge >= 0.3 is 0 Å². The Bertz CT molecular complexity index is 444. The van der Waals surface area contributed by atoms with Crippen LogP contribution in [0, 0.1) is 0 Å². The number of fused-ring (bicyclic) bond motifs is 1. The standard InChI is InChI=1S/C12H16N2S2/c1-4-12(2,3)16-15-11-13-9-7-5-6-8-10(9)14-11/h5-8H,4H2,1-3H3,(H,13,14). The van der Waals surface area contributed by atoms with Crippen molar-refractivity contribution in [3.8, 4) is 0 Å². The summed E-state index contributed by atoms with van der Waals surface area (Å²) < 4.78 is 0.295. The van der Waals surface area contributed by atoms with Gasteiger partial charge in [-0.3, -0.25) is 0 Å². The van der Waals surface area contributed by atoms with Crippen LogP contribution < -0.4 is 0 Å². The monoisotopic (exact) mass is 252 g/mol. The van der Waals surface area contributed by atoms with Gasteiger partial charge in [0.15, 0.2) is 5.16 Å². The molecule has 0 aliphatic carbocycles. The fraction of sp³-hybridized carbons (Fsp3) is 0.417. The molecule has 0 aliphatic rings. The van der Waals surface area contributed by atoms with Gasteiger partial charge in [-0.05, 0) is 43.2 Å². The van der Waals surface area contributed by atoms with Crippen LogP contribution >= 0.6 is 21.6 Å². The number of benzene rings is 1. The molecule has 0 spiro atoms. The lowest BCUT2D eigenvalue weighted by atomic mass is 10.1. The summed E-state index contributed by atoms with van der Waals surface area (Å²) in [6.45, 7) is 6.73. The quantitative estimate of drug-likeness (QED) is 0.813. The molecule has 1 N–H and O–H groups in total. The summed E-state index contributed by atoms with van der Waals surface area (Å²) in [4.78, 5) is 7.86. The fourth-order valence-electron chi connectivity index (χ4n) is 1.18. The van der Waals surface area contributed by atoms with E-state index in [0.717, 1.165) is 22.6 Å². The van der Waals surface area contributed by atoms with Crippen molar-refractivity contribution in [1.29, 1.82) is 0 Å². The number of para-hydroxylation sites is 2. The summed E-state index contributed by atoms with van der Waals surface area (Å²) in [6.07, 6.45) is 1.16. The SMILES string of the molecule is CCC(C)(C)SSc1nc2ccccc2[nH]1. The number of aromatic nitrogens is 2. The summed E-state index contributed by atoms with van der Waals surface area (Å²) in [5, 5.41) is 0.993. The highest BCUT2D eigenvalue weighted by atomic mass is 33.1. The molecule has 0 saturated heterocycles. The molecular formula is C12H16N2S2. The van der Waals surface area contributed by atoms with Gasteiger partial charge in [-0.25, -0.2) is 4.98 Å². The minimum atomic E-state index is 0.295. The van der Waals surface area contributed by atoms with Gasteiger partial charge in [-0.2, -0.15) is 0 Å². The molecule has 86 valence electrons. The molecule has 1 heterocycles. The van der Waals surface area contributed by atoms with Gasteiger partial charge in [0.1, 0.15) is 0 Å². The zero-order valence-corrected chi connectivity index (χ0v) is 11.4. The third-order valence-corrected chi connectivity index (χ3v) is 5.82. The number of nitrogens with zero attached hydrogens (tertiary/aromatic N) is 1. The Morgan fingerprint density at radius 2 is 2.06 bits per heavy atom. The lowest BCUT2D eigenvalue weighted by Gasteiger charge is -2.19. The van der Waals surface area contributed by atoms with Gasteiger partial charge in [0.25, 0.3) is 0 Å². The van der Waals surface area contributed by atoms with Crippen molar-refractivity contribution in [2.75, 3.05) is 0 Å². The molecule has 2 nitrogen and oxygen atoms in total. The molecule has 0 aliphatic heterocycles. The van der Waals surface area contributed by atoms with Crippen molar-refractivity contribution in [2.45, 2.75) is 37.1 Å². The number of hydrogen-bond acceptors (Lipinski definition) is 3. The molecule has 0 bridgehead atoms. The number of hydrogen-bond donors (Lipinski definition) is 1. The Morgan fingerprint density at radius 3 is 2.75 bits per heavy atom. The maximum Gasteiger partial charge on any atom is 0.177 e. The first kappa shape index (κ1) is 11.9. The third-order valence-electron chi connectivity index (χ3n) is 2.57. The van der Waals surface area contributed by atoms with Crippen molar-refractivity contribution in [2.24, 2.45) is 0 Å². The van der Waals surface area contributed by atoms with Crippen LogP contribution in [0.2, 0.25) is 0 Å². The van der Waals surface area contributed by atoms with E-state index in [4.69, 9.17) is 0 Å². The number of aromatic amines is 1. The van der Waals surface area contributed by atoms with Gasteiger partial charge in [-0.1, -0.05) is 29.9 Å². The first-order chi connectivity index (χ1) is 7.61. The highest BCUT2D eigenvalue weighted by Gasteiger charge is 2.17. The molecule has 1 aromatic carbocycles. The van der Waals surface area contributed by atoms with Crippen LogP contribution in [0.25, 0.3) is 11.0 Å². The largest absolute Gasteiger partial charge is 0.332 e. The molecule has 2 aromatic rings. The Hall–Kier alpha value is -0.610. The van der Waals surface area contributed by atoms with Crippen LogP contribution in [-0.4, -0.2) is 14.7 Å². The maximum atomic E-state index is 4.54. The molecule has 2 rings (SSSR count). The molecule has 0 atom stereocenters. The molecular weight excluding hydrogens is 236 g/mol. The summed E-state index contributed by atoms with van der Waals surface area (Å²) in [5.41, 5.74) is 2.15. The van der Waals surface area contributed by atoms with Crippen LogP contribution in [0.5, 0.6) is 0 Å². The Kier molecular flexibility index (Phi) is 3.50.